The Kier molecular flexibility index (Phi) is 2.64. The van der Waals surface area contributed by atoms with Crippen molar-refractivity contribution < 1.29 is 14.3 Å². The molecule has 0 unspecified atom stereocenters. The van der Waals surface area contributed by atoms with Gasteiger partial charge in [-0.05, 0) is 12.1 Å². The van der Waals surface area contributed by atoms with Crippen molar-refractivity contribution in [3.05, 3.63) is 24.3 Å². The SMILES string of the molecule is O=C(S)CN1C(=O)COc2ccccc21. The van der Waals surface area contributed by atoms with Crippen molar-refractivity contribution in [2.24, 2.45) is 0 Å². The predicted octanol–water partition coefficient (Wildman–Crippen LogP) is 0.868. The molecule has 0 radical (unpaired) electrons. The summed E-state index contributed by atoms with van der Waals surface area (Å²) in [6, 6.07) is 7.10. The summed E-state index contributed by atoms with van der Waals surface area (Å²) in [5, 5.41) is -0.347. The fourth-order valence-corrected chi connectivity index (χ4v) is 1.60. The predicted molar refractivity (Wildman–Crippen MR) is 58.3 cm³/mol. The van der Waals surface area contributed by atoms with Gasteiger partial charge in [-0.2, -0.15) is 0 Å². The highest BCUT2D eigenvalue weighted by Gasteiger charge is 2.25. The average molecular weight is 223 g/mol. The smallest absolute Gasteiger partial charge is 0.265 e. The molecule has 0 atom stereocenters. The molecular formula is C10H9NO3S. The second-order valence-corrected chi connectivity index (χ2v) is 3.63. The second kappa shape index (κ2) is 3.94. The van der Waals surface area contributed by atoms with Gasteiger partial charge < -0.3 is 4.74 Å². The molecule has 0 aliphatic carbocycles. The largest absolute Gasteiger partial charge is 0.482 e. The minimum absolute atomic E-state index is 0.0255. The molecule has 1 aromatic rings. The number of carbonyl (C=O) groups excluding carboxylic acids is 2. The zero-order valence-corrected chi connectivity index (χ0v) is 8.74. The number of rotatable bonds is 2. The van der Waals surface area contributed by atoms with Crippen LogP contribution >= 0.6 is 12.6 Å². The highest BCUT2D eigenvalue weighted by molar-refractivity contribution is 7.96. The van der Waals surface area contributed by atoms with Crippen molar-refractivity contribution in [1.29, 1.82) is 0 Å². The second-order valence-electron chi connectivity index (χ2n) is 3.13. The van der Waals surface area contributed by atoms with Gasteiger partial charge in [0.05, 0.1) is 12.2 Å². The van der Waals surface area contributed by atoms with Gasteiger partial charge in [0.25, 0.3) is 5.91 Å². The van der Waals surface area contributed by atoms with E-state index >= 15 is 0 Å². The van der Waals surface area contributed by atoms with Crippen molar-refractivity contribution in [2.45, 2.75) is 0 Å². The van der Waals surface area contributed by atoms with E-state index in [9.17, 15) is 9.59 Å². The lowest BCUT2D eigenvalue weighted by molar-refractivity contribution is -0.122. The van der Waals surface area contributed by atoms with Crippen LogP contribution in [0.1, 0.15) is 0 Å². The number of amides is 1. The molecule has 1 amide bonds. The van der Waals surface area contributed by atoms with Crippen LogP contribution in [0.2, 0.25) is 0 Å². The zero-order chi connectivity index (χ0) is 10.8. The topological polar surface area (TPSA) is 46.6 Å². The normalized spacial score (nSPS) is 14.5. The Morgan fingerprint density at radius 1 is 1.47 bits per heavy atom. The zero-order valence-electron chi connectivity index (χ0n) is 7.84. The number of fused-ring (bicyclic) bond motifs is 1. The molecule has 2 rings (SSSR count). The van der Waals surface area contributed by atoms with Gasteiger partial charge in [-0.25, -0.2) is 0 Å². The molecule has 0 saturated heterocycles. The van der Waals surface area contributed by atoms with Gasteiger partial charge in [-0.15, -0.1) is 12.6 Å². The van der Waals surface area contributed by atoms with E-state index in [4.69, 9.17) is 4.74 Å². The van der Waals surface area contributed by atoms with E-state index < -0.39 is 0 Å². The third kappa shape index (κ3) is 1.97. The van der Waals surface area contributed by atoms with Crippen LogP contribution in [0, 0.1) is 0 Å². The Hall–Kier alpha value is -1.49. The number of ether oxygens (including phenoxy) is 1. The number of hydrogen-bond acceptors (Lipinski definition) is 3. The Bertz CT molecular complexity index is 419. The first-order chi connectivity index (χ1) is 7.18. The monoisotopic (exact) mass is 223 g/mol. The molecule has 1 heterocycles. The molecule has 0 saturated carbocycles. The molecule has 1 aromatic carbocycles. The van der Waals surface area contributed by atoms with Crippen LogP contribution < -0.4 is 9.64 Å². The molecule has 0 aromatic heterocycles. The molecule has 4 nitrogen and oxygen atoms in total. The maximum absolute atomic E-state index is 11.5. The highest BCUT2D eigenvalue weighted by atomic mass is 32.1. The minimum atomic E-state index is -0.347. The summed E-state index contributed by atoms with van der Waals surface area (Å²) in [5.41, 5.74) is 0.621. The summed E-state index contributed by atoms with van der Waals surface area (Å²) in [6.45, 7) is -0.0552. The molecule has 0 spiro atoms. The number of benzene rings is 1. The molecule has 0 bridgehead atoms. The molecule has 15 heavy (non-hydrogen) atoms. The van der Waals surface area contributed by atoms with Crippen LogP contribution in [0.4, 0.5) is 5.69 Å². The number of anilines is 1. The molecule has 1 aliphatic heterocycles. The number of thiol groups is 1. The van der Waals surface area contributed by atoms with Gasteiger partial charge in [-0.3, -0.25) is 14.5 Å². The van der Waals surface area contributed by atoms with E-state index in [-0.39, 0.29) is 24.2 Å². The van der Waals surface area contributed by atoms with E-state index in [2.05, 4.69) is 12.6 Å². The summed E-state index contributed by atoms with van der Waals surface area (Å²) < 4.78 is 5.22. The van der Waals surface area contributed by atoms with Gasteiger partial charge in [0, 0.05) is 0 Å². The quantitative estimate of drug-likeness (QED) is 0.757. The van der Waals surface area contributed by atoms with E-state index in [1.807, 2.05) is 6.07 Å². The van der Waals surface area contributed by atoms with Crippen LogP contribution in [0.5, 0.6) is 5.75 Å². The lowest BCUT2D eigenvalue weighted by Gasteiger charge is -2.28. The van der Waals surface area contributed by atoms with E-state index in [0.717, 1.165) is 0 Å². The van der Waals surface area contributed by atoms with Crippen LogP contribution in [0.25, 0.3) is 0 Å². The Morgan fingerprint density at radius 3 is 2.93 bits per heavy atom. The molecule has 0 fully saturated rings. The number of para-hydroxylation sites is 2. The Balaban J connectivity index is 2.37. The number of hydrogen-bond donors (Lipinski definition) is 1. The maximum Gasteiger partial charge on any atom is 0.265 e. The summed E-state index contributed by atoms with van der Waals surface area (Å²) in [6.07, 6.45) is 0. The number of nitrogens with zero attached hydrogens (tertiary/aromatic N) is 1. The average Bonchev–Trinajstić information content (AvgIpc) is 2.22. The summed E-state index contributed by atoms with van der Waals surface area (Å²) >= 11 is 3.67. The molecular weight excluding hydrogens is 214 g/mol. The summed E-state index contributed by atoms with van der Waals surface area (Å²) in [7, 11) is 0. The van der Waals surface area contributed by atoms with Gasteiger partial charge in [0.15, 0.2) is 6.61 Å². The first-order valence-corrected chi connectivity index (χ1v) is 4.87. The van der Waals surface area contributed by atoms with Crippen LogP contribution in [-0.4, -0.2) is 24.2 Å². The van der Waals surface area contributed by atoms with Crippen molar-refractivity contribution in [1.82, 2.24) is 0 Å². The van der Waals surface area contributed by atoms with Crippen molar-refractivity contribution in [3.63, 3.8) is 0 Å². The van der Waals surface area contributed by atoms with Gasteiger partial charge in [-0.1, -0.05) is 12.1 Å². The van der Waals surface area contributed by atoms with Gasteiger partial charge in [0.2, 0.25) is 5.12 Å². The molecule has 0 N–H and O–H groups in total. The van der Waals surface area contributed by atoms with Crippen molar-refractivity contribution >= 4 is 29.3 Å². The van der Waals surface area contributed by atoms with E-state index in [1.54, 1.807) is 18.2 Å². The fourth-order valence-electron chi connectivity index (χ4n) is 1.46. The van der Waals surface area contributed by atoms with E-state index in [1.165, 1.54) is 4.90 Å². The van der Waals surface area contributed by atoms with Crippen LogP contribution in [0.3, 0.4) is 0 Å². The van der Waals surface area contributed by atoms with Gasteiger partial charge >= 0.3 is 0 Å². The van der Waals surface area contributed by atoms with Crippen molar-refractivity contribution in [2.75, 3.05) is 18.1 Å². The third-order valence-electron chi connectivity index (χ3n) is 2.10. The minimum Gasteiger partial charge on any atom is -0.482 e. The van der Waals surface area contributed by atoms with Gasteiger partial charge in [0.1, 0.15) is 5.75 Å². The Morgan fingerprint density at radius 2 is 2.20 bits per heavy atom. The molecule has 78 valence electrons. The lowest BCUT2D eigenvalue weighted by atomic mass is 10.2. The highest BCUT2D eigenvalue weighted by Crippen LogP contribution is 2.31. The summed E-state index contributed by atoms with van der Waals surface area (Å²) in [4.78, 5) is 23.8. The first-order valence-electron chi connectivity index (χ1n) is 4.42. The number of carbonyl (C=O) groups is 2. The van der Waals surface area contributed by atoms with E-state index in [0.29, 0.717) is 11.4 Å². The lowest BCUT2D eigenvalue weighted by Crippen LogP contribution is -2.41. The Labute approximate surface area is 92.2 Å². The summed E-state index contributed by atoms with van der Waals surface area (Å²) in [5.74, 6) is 0.391. The first kappa shape index (κ1) is 10.0. The maximum atomic E-state index is 11.5. The fraction of sp³-hybridized carbons (Fsp3) is 0.200. The molecule has 1 aliphatic rings. The molecule has 5 heteroatoms. The van der Waals surface area contributed by atoms with Crippen LogP contribution in [0.15, 0.2) is 24.3 Å². The standard InChI is InChI=1S/C10H9NO3S/c12-9-6-14-8-4-2-1-3-7(8)11(9)5-10(13)15/h1-4H,5-6H2,(H,13,15). The van der Waals surface area contributed by atoms with Crippen LogP contribution in [-0.2, 0) is 9.59 Å². The third-order valence-corrected chi connectivity index (χ3v) is 2.24. The van der Waals surface area contributed by atoms with Crippen molar-refractivity contribution in [3.8, 4) is 5.75 Å².